The fraction of sp³-hybridized carbons (Fsp3) is 0.756. The molecule has 7 unspecified atom stereocenters. The Kier molecular flexibility index (Phi) is 61.9. The van der Waals surface area contributed by atoms with Crippen LogP contribution in [0.4, 0.5) is 0 Å². The SMILES string of the molecule is CC/C=C\C/C=C\C/C=C\C/C=C\C/C=C\C/C=C\C/C=C\C/C=C\CCCCCCCCCCCCCCCCC(=O)NC(COC1OC(CO)C(O)C(O)C1O)C(O)/C=C/CCCCCCCCCCCCCCCCCCCCCCCCC. The van der Waals surface area contributed by atoms with Crippen LogP contribution in [0.3, 0.4) is 0 Å². The summed E-state index contributed by atoms with van der Waals surface area (Å²) in [6.07, 6.45) is 90.5. The fourth-order valence-corrected chi connectivity index (χ4v) is 11.2. The molecule has 502 valence electrons. The normalized spacial score (nSPS) is 18.6. The van der Waals surface area contributed by atoms with Gasteiger partial charge in [-0.2, -0.15) is 0 Å². The van der Waals surface area contributed by atoms with Gasteiger partial charge in [-0.15, -0.1) is 0 Å². The van der Waals surface area contributed by atoms with Gasteiger partial charge in [0.05, 0.1) is 25.4 Å². The minimum atomic E-state index is -1.57. The molecule has 1 heterocycles. The highest BCUT2D eigenvalue weighted by Crippen LogP contribution is 2.23. The van der Waals surface area contributed by atoms with E-state index in [2.05, 4.69) is 116 Å². The third-order valence-electron chi connectivity index (χ3n) is 16.9. The van der Waals surface area contributed by atoms with Crippen molar-refractivity contribution in [3.63, 3.8) is 0 Å². The summed E-state index contributed by atoms with van der Waals surface area (Å²) in [4.78, 5) is 13.1. The Hall–Kier alpha value is -3.15. The number of nitrogens with one attached hydrogen (secondary N) is 1. The van der Waals surface area contributed by atoms with E-state index in [0.29, 0.717) is 6.42 Å². The maximum absolute atomic E-state index is 13.1. The van der Waals surface area contributed by atoms with Crippen LogP contribution < -0.4 is 5.32 Å². The molecular formula is C78H137NO8. The lowest BCUT2D eigenvalue weighted by Crippen LogP contribution is -2.60. The van der Waals surface area contributed by atoms with Crippen LogP contribution in [0.25, 0.3) is 0 Å². The smallest absolute Gasteiger partial charge is 0.220 e. The molecule has 1 saturated heterocycles. The molecule has 7 atom stereocenters. The first kappa shape index (κ1) is 81.9. The topological polar surface area (TPSA) is 149 Å². The maximum atomic E-state index is 13.1. The molecule has 1 fully saturated rings. The number of hydrogen-bond donors (Lipinski definition) is 6. The molecule has 0 aromatic rings. The molecule has 9 nitrogen and oxygen atoms in total. The Bertz CT molecular complexity index is 1750. The van der Waals surface area contributed by atoms with E-state index in [1.54, 1.807) is 6.08 Å². The van der Waals surface area contributed by atoms with E-state index in [0.717, 1.165) is 89.9 Å². The lowest BCUT2D eigenvalue weighted by atomic mass is 9.99. The minimum absolute atomic E-state index is 0.177. The molecule has 1 aliphatic heterocycles. The van der Waals surface area contributed by atoms with Crippen LogP contribution in [0.1, 0.15) is 322 Å². The van der Waals surface area contributed by atoms with Gasteiger partial charge in [0.1, 0.15) is 24.4 Å². The van der Waals surface area contributed by atoms with E-state index in [1.165, 1.54) is 212 Å². The van der Waals surface area contributed by atoms with E-state index in [1.807, 2.05) is 6.08 Å². The number of allylic oxidation sites excluding steroid dienone is 17. The second kappa shape index (κ2) is 65.8. The highest BCUT2D eigenvalue weighted by molar-refractivity contribution is 5.76. The van der Waals surface area contributed by atoms with E-state index < -0.39 is 49.5 Å². The summed E-state index contributed by atoms with van der Waals surface area (Å²) < 4.78 is 11.3. The van der Waals surface area contributed by atoms with Crippen molar-refractivity contribution in [2.24, 2.45) is 0 Å². The Balaban J connectivity index is 2.12. The number of amides is 1. The van der Waals surface area contributed by atoms with Crippen molar-refractivity contribution in [2.75, 3.05) is 13.2 Å². The molecule has 0 aromatic carbocycles. The molecule has 6 N–H and O–H groups in total. The van der Waals surface area contributed by atoms with Crippen LogP contribution >= 0.6 is 0 Å². The summed E-state index contributed by atoms with van der Waals surface area (Å²) >= 11 is 0. The average molecular weight is 1220 g/mol. The summed E-state index contributed by atoms with van der Waals surface area (Å²) in [5.41, 5.74) is 0. The standard InChI is InChI=1S/C78H137NO8/c1-3-5-7-9-11-13-15-17-19-21-23-25-27-29-30-31-32-33-34-35-36-37-38-39-40-41-42-44-46-48-50-52-54-56-58-60-62-64-66-68-74(82)79-71(70-86-78-77(85)76(84)75(83)73(69-80)87-78)72(81)67-65-63-61-59-57-55-53-51-49-47-45-43-28-26-24-22-20-18-16-14-12-10-8-6-4-2/h5,7,11,13,17,19,23,25,29-30,32-33,35-36,38-39,65,67,71-73,75-78,80-81,83-85H,3-4,6,8-10,12,14-16,18,20-22,24,26-28,31,34,37,40-64,66,68-70H2,1-2H3,(H,79,82)/b7-5-,13-11-,19-17-,25-23-,30-29-,33-32-,36-35-,39-38-,67-65+. The first-order valence-corrected chi connectivity index (χ1v) is 36.6. The quantitative estimate of drug-likeness (QED) is 0.0261. The van der Waals surface area contributed by atoms with Crippen LogP contribution in [-0.4, -0.2) is 87.5 Å². The van der Waals surface area contributed by atoms with E-state index in [-0.39, 0.29) is 12.5 Å². The second-order valence-corrected chi connectivity index (χ2v) is 25.0. The van der Waals surface area contributed by atoms with Crippen molar-refractivity contribution in [3.05, 3.63) is 109 Å². The number of ether oxygens (including phenoxy) is 2. The van der Waals surface area contributed by atoms with Crippen molar-refractivity contribution in [2.45, 2.75) is 365 Å². The van der Waals surface area contributed by atoms with Gasteiger partial charge < -0.3 is 40.3 Å². The molecule has 9 heteroatoms. The van der Waals surface area contributed by atoms with E-state index >= 15 is 0 Å². The predicted molar refractivity (Wildman–Crippen MR) is 373 cm³/mol. The second-order valence-electron chi connectivity index (χ2n) is 25.0. The number of hydrogen-bond acceptors (Lipinski definition) is 8. The zero-order chi connectivity index (χ0) is 62.8. The summed E-state index contributed by atoms with van der Waals surface area (Å²) in [5, 5.41) is 54.8. The van der Waals surface area contributed by atoms with Crippen LogP contribution in [0.15, 0.2) is 109 Å². The van der Waals surface area contributed by atoms with Gasteiger partial charge in [-0.25, -0.2) is 0 Å². The average Bonchev–Trinajstić information content (AvgIpc) is 3.38. The molecule has 0 aromatic heterocycles. The largest absolute Gasteiger partial charge is 0.394 e. The molecular weight excluding hydrogens is 1080 g/mol. The van der Waals surface area contributed by atoms with Gasteiger partial charge in [-0.05, 0) is 83.5 Å². The van der Waals surface area contributed by atoms with Gasteiger partial charge in [0.15, 0.2) is 6.29 Å². The Labute approximate surface area is 536 Å². The third kappa shape index (κ3) is 54.3. The zero-order valence-corrected chi connectivity index (χ0v) is 56.2. The zero-order valence-electron chi connectivity index (χ0n) is 56.2. The summed E-state index contributed by atoms with van der Waals surface area (Å²) in [5.74, 6) is -0.177. The molecule has 0 aliphatic carbocycles. The number of rotatable bonds is 63. The van der Waals surface area contributed by atoms with E-state index in [4.69, 9.17) is 9.47 Å². The molecule has 0 radical (unpaired) electrons. The first-order chi connectivity index (χ1) is 42.8. The Morgan fingerprint density at radius 2 is 0.713 bits per heavy atom. The Morgan fingerprint density at radius 1 is 0.402 bits per heavy atom. The third-order valence-corrected chi connectivity index (χ3v) is 16.9. The van der Waals surface area contributed by atoms with Crippen LogP contribution in [-0.2, 0) is 14.3 Å². The molecule has 0 bridgehead atoms. The van der Waals surface area contributed by atoms with Crippen LogP contribution in [0, 0.1) is 0 Å². The molecule has 1 amide bonds. The minimum Gasteiger partial charge on any atom is -0.394 e. The van der Waals surface area contributed by atoms with Crippen LogP contribution in [0.2, 0.25) is 0 Å². The molecule has 1 rings (SSSR count). The van der Waals surface area contributed by atoms with Crippen molar-refractivity contribution in [3.8, 4) is 0 Å². The molecule has 87 heavy (non-hydrogen) atoms. The number of unbranched alkanes of at least 4 members (excludes halogenated alkanes) is 37. The predicted octanol–water partition coefficient (Wildman–Crippen LogP) is 20.4. The number of carbonyl (C=O) groups excluding carboxylic acids is 1. The monoisotopic (exact) mass is 1220 g/mol. The Morgan fingerprint density at radius 3 is 1.06 bits per heavy atom. The van der Waals surface area contributed by atoms with Crippen LogP contribution in [0.5, 0.6) is 0 Å². The van der Waals surface area contributed by atoms with Crippen molar-refractivity contribution in [1.82, 2.24) is 5.32 Å². The first-order valence-electron chi connectivity index (χ1n) is 36.6. The van der Waals surface area contributed by atoms with Gasteiger partial charge >= 0.3 is 0 Å². The fourth-order valence-electron chi connectivity index (χ4n) is 11.2. The van der Waals surface area contributed by atoms with Gasteiger partial charge in [0.25, 0.3) is 0 Å². The number of aliphatic hydroxyl groups excluding tert-OH is 5. The van der Waals surface area contributed by atoms with Crippen molar-refractivity contribution in [1.29, 1.82) is 0 Å². The van der Waals surface area contributed by atoms with Crippen molar-refractivity contribution >= 4 is 5.91 Å². The molecule has 0 saturated carbocycles. The lowest BCUT2D eigenvalue weighted by Gasteiger charge is -2.40. The summed E-state index contributed by atoms with van der Waals surface area (Å²) in [6, 6.07) is -0.812. The lowest BCUT2D eigenvalue weighted by molar-refractivity contribution is -0.302. The van der Waals surface area contributed by atoms with E-state index in [9.17, 15) is 30.3 Å². The van der Waals surface area contributed by atoms with Gasteiger partial charge in [-0.3, -0.25) is 4.79 Å². The number of carbonyl (C=O) groups is 1. The summed E-state index contributed by atoms with van der Waals surface area (Å²) in [7, 11) is 0. The van der Waals surface area contributed by atoms with Crippen molar-refractivity contribution < 1.29 is 39.8 Å². The highest BCUT2D eigenvalue weighted by atomic mass is 16.7. The van der Waals surface area contributed by atoms with Gasteiger partial charge in [0.2, 0.25) is 5.91 Å². The van der Waals surface area contributed by atoms with Gasteiger partial charge in [-0.1, -0.05) is 342 Å². The highest BCUT2D eigenvalue weighted by Gasteiger charge is 2.44. The molecule has 1 aliphatic rings. The maximum Gasteiger partial charge on any atom is 0.220 e. The number of aliphatic hydroxyl groups is 5. The molecule has 0 spiro atoms. The van der Waals surface area contributed by atoms with Gasteiger partial charge in [0, 0.05) is 6.42 Å². The summed E-state index contributed by atoms with van der Waals surface area (Å²) in [6.45, 7) is 3.70.